The van der Waals surface area contributed by atoms with Crippen molar-refractivity contribution >= 4 is 28.4 Å². The van der Waals surface area contributed by atoms with Gasteiger partial charge in [-0.15, -0.1) is 0 Å². The van der Waals surface area contributed by atoms with Gasteiger partial charge in [0.2, 0.25) is 0 Å². The lowest BCUT2D eigenvalue weighted by Gasteiger charge is -2.10. The molecule has 100 valence electrons. The second-order valence-electron chi connectivity index (χ2n) is 4.20. The molecule has 5 heteroatoms. The van der Waals surface area contributed by atoms with Crippen molar-refractivity contribution in [1.29, 1.82) is 0 Å². The third-order valence-electron chi connectivity index (χ3n) is 2.74. The molecule has 19 heavy (non-hydrogen) atoms. The monoisotopic (exact) mass is 371 g/mol. The van der Waals surface area contributed by atoms with Gasteiger partial charge in [-0.3, -0.25) is 0 Å². The van der Waals surface area contributed by atoms with E-state index in [1.54, 1.807) is 0 Å². The molecule has 0 bridgehead atoms. The van der Waals surface area contributed by atoms with Gasteiger partial charge in [0.05, 0.1) is 9.26 Å². The van der Waals surface area contributed by atoms with E-state index in [-0.39, 0.29) is 0 Å². The fourth-order valence-corrected chi connectivity index (χ4v) is 2.65. The average Bonchev–Trinajstić information content (AvgIpc) is 2.41. The molecule has 1 aromatic heterocycles. The van der Waals surface area contributed by atoms with Crippen LogP contribution >= 0.6 is 22.6 Å². The lowest BCUT2D eigenvalue weighted by atomic mass is 10.1. The van der Waals surface area contributed by atoms with Crippen LogP contribution in [0.4, 0.5) is 10.2 Å². The summed E-state index contributed by atoms with van der Waals surface area (Å²) >= 11 is 2.08. The molecule has 1 heterocycles. The number of halogens is 2. The first-order valence-electron chi connectivity index (χ1n) is 6.10. The standard InChI is InChI=1S/C14H15FIN3/c1-10(15)13-12(16)14(19-9-18-13)17-8-7-11-5-3-2-4-6-11/h2-6,9-10H,7-8H2,1H3,(H,17,18,19). The minimum Gasteiger partial charge on any atom is -0.369 e. The van der Waals surface area contributed by atoms with Crippen LogP contribution in [-0.4, -0.2) is 16.5 Å². The molecule has 3 nitrogen and oxygen atoms in total. The zero-order valence-electron chi connectivity index (χ0n) is 10.6. The Morgan fingerprint density at radius 3 is 2.68 bits per heavy atom. The minimum atomic E-state index is -1.08. The summed E-state index contributed by atoms with van der Waals surface area (Å²) in [6.45, 7) is 2.25. The van der Waals surface area contributed by atoms with Gasteiger partial charge in [0.1, 0.15) is 18.3 Å². The summed E-state index contributed by atoms with van der Waals surface area (Å²) in [5.41, 5.74) is 1.70. The van der Waals surface area contributed by atoms with Crippen LogP contribution in [0.25, 0.3) is 0 Å². The predicted molar refractivity (Wildman–Crippen MR) is 82.9 cm³/mol. The van der Waals surface area contributed by atoms with E-state index in [2.05, 4.69) is 50.0 Å². The number of rotatable bonds is 5. The van der Waals surface area contributed by atoms with Crippen molar-refractivity contribution in [2.45, 2.75) is 19.5 Å². The summed E-state index contributed by atoms with van der Waals surface area (Å²) in [6, 6.07) is 10.2. The van der Waals surface area contributed by atoms with Gasteiger partial charge in [-0.1, -0.05) is 30.3 Å². The van der Waals surface area contributed by atoms with Crippen molar-refractivity contribution in [3.05, 3.63) is 51.5 Å². The summed E-state index contributed by atoms with van der Waals surface area (Å²) in [6.07, 6.45) is 1.23. The van der Waals surface area contributed by atoms with Crippen molar-refractivity contribution < 1.29 is 4.39 Å². The highest BCUT2D eigenvalue weighted by atomic mass is 127. The van der Waals surface area contributed by atoms with Gasteiger partial charge in [-0.25, -0.2) is 14.4 Å². The van der Waals surface area contributed by atoms with Crippen molar-refractivity contribution in [3.8, 4) is 0 Å². The van der Waals surface area contributed by atoms with E-state index in [1.807, 2.05) is 18.2 Å². The number of nitrogens with one attached hydrogen (secondary N) is 1. The molecule has 1 atom stereocenters. The van der Waals surface area contributed by atoms with Crippen LogP contribution in [0.2, 0.25) is 0 Å². The van der Waals surface area contributed by atoms with Gasteiger partial charge in [-0.05, 0) is 41.5 Å². The van der Waals surface area contributed by atoms with Gasteiger partial charge >= 0.3 is 0 Å². The second kappa shape index (κ2) is 6.79. The maximum Gasteiger partial charge on any atom is 0.143 e. The van der Waals surface area contributed by atoms with Crippen LogP contribution in [0.15, 0.2) is 36.7 Å². The fraction of sp³-hybridized carbons (Fsp3) is 0.286. The molecule has 0 spiro atoms. The van der Waals surface area contributed by atoms with Gasteiger partial charge in [0.15, 0.2) is 0 Å². The lowest BCUT2D eigenvalue weighted by Crippen LogP contribution is -2.10. The number of aromatic nitrogens is 2. The molecule has 0 aliphatic heterocycles. The van der Waals surface area contributed by atoms with Crippen LogP contribution in [0.1, 0.15) is 24.4 Å². The number of benzene rings is 1. The minimum absolute atomic E-state index is 0.442. The predicted octanol–water partition coefficient (Wildman–Crippen LogP) is 3.77. The number of anilines is 1. The second-order valence-corrected chi connectivity index (χ2v) is 5.28. The number of nitrogens with zero attached hydrogens (tertiary/aromatic N) is 2. The Morgan fingerprint density at radius 1 is 1.26 bits per heavy atom. The molecule has 2 rings (SSSR count). The van der Waals surface area contributed by atoms with Gasteiger partial charge in [0.25, 0.3) is 0 Å². The number of alkyl halides is 1. The van der Waals surface area contributed by atoms with Gasteiger partial charge < -0.3 is 5.32 Å². The summed E-state index contributed by atoms with van der Waals surface area (Å²) in [5.74, 6) is 0.700. The molecule has 0 amide bonds. The molecular weight excluding hydrogens is 356 g/mol. The third kappa shape index (κ3) is 3.86. The first-order valence-corrected chi connectivity index (χ1v) is 7.18. The Kier molecular flexibility index (Phi) is 5.07. The van der Waals surface area contributed by atoms with Crippen molar-refractivity contribution in [1.82, 2.24) is 9.97 Å². The Hall–Kier alpha value is -1.24. The molecule has 0 saturated carbocycles. The molecule has 0 aliphatic rings. The largest absolute Gasteiger partial charge is 0.369 e. The Balaban J connectivity index is 1.98. The van der Waals surface area contributed by atoms with E-state index in [9.17, 15) is 4.39 Å². The molecular formula is C14H15FIN3. The van der Waals surface area contributed by atoms with Crippen LogP contribution in [0, 0.1) is 3.57 Å². The van der Waals surface area contributed by atoms with Crippen LogP contribution in [-0.2, 0) is 6.42 Å². The Labute approximate surface area is 125 Å². The number of hydrogen-bond donors (Lipinski definition) is 1. The van der Waals surface area contributed by atoms with E-state index >= 15 is 0 Å². The lowest BCUT2D eigenvalue weighted by molar-refractivity contribution is 0.364. The quantitative estimate of drug-likeness (QED) is 0.814. The number of hydrogen-bond acceptors (Lipinski definition) is 3. The molecule has 0 radical (unpaired) electrons. The molecule has 2 aromatic rings. The zero-order valence-corrected chi connectivity index (χ0v) is 12.8. The van der Waals surface area contributed by atoms with Crippen molar-refractivity contribution in [3.63, 3.8) is 0 Å². The van der Waals surface area contributed by atoms with E-state index in [4.69, 9.17) is 0 Å². The summed E-state index contributed by atoms with van der Waals surface area (Å²) in [4.78, 5) is 8.13. The maximum absolute atomic E-state index is 13.3. The fourth-order valence-electron chi connectivity index (χ4n) is 1.75. The average molecular weight is 371 g/mol. The van der Waals surface area contributed by atoms with Crippen molar-refractivity contribution in [2.75, 3.05) is 11.9 Å². The SMILES string of the molecule is CC(F)c1ncnc(NCCc2ccccc2)c1I. The first kappa shape index (κ1) is 14.2. The molecule has 1 unspecified atom stereocenters. The van der Waals surface area contributed by atoms with E-state index in [1.165, 1.54) is 18.8 Å². The first-order chi connectivity index (χ1) is 9.18. The van der Waals surface area contributed by atoms with Gasteiger partial charge in [-0.2, -0.15) is 0 Å². The van der Waals surface area contributed by atoms with Crippen LogP contribution < -0.4 is 5.32 Å². The van der Waals surface area contributed by atoms with Gasteiger partial charge in [0, 0.05) is 6.54 Å². The molecule has 1 aromatic carbocycles. The smallest absolute Gasteiger partial charge is 0.143 e. The normalized spacial score (nSPS) is 12.2. The molecule has 0 aliphatic carbocycles. The van der Waals surface area contributed by atoms with Crippen LogP contribution in [0.3, 0.4) is 0 Å². The summed E-state index contributed by atoms with van der Waals surface area (Å²) in [7, 11) is 0. The zero-order chi connectivity index (χ0) is 13.7. The van der Waals surface area contributed by atoms with Crippen LogP contribution in [0.5, 0.6) is 0 Å². The molecule has 0 saturated heterocycles. The van der Waals surface area contributed by atoms with Crippen molar-refractivity contribution in [2.24, 2.45) is 0 Å². The van der Waals surface area contributed by atoms with E-state index in [0.717, 1.165) is 16.5 Å². The highest BCUT2D eigenvalue weighted by Gasteiger charge is 2.13. The highest BCUT2D eigenvalue weighted by Crippen LogP contribution is 2.24. The molecule has 1 N–H and O–H groups in total. The van der Waals surface area contributed by atoms with E-state index < -0.39 is 6.17 Å². The van der Waals surface area contributed by atoms with E-state index in [0.29, 0.717) is 11.5 Å². The summed E-state index contributed by atoms with van der Waals surface area (Å²) < 4.78 is 14.1. The topological polar surface area (TPSA) is 37.8 Å². The third-order valence-corrected chi connectivity index (χ3v) is 3.81. The Morgan fingerprint density at radius 2 is 2.00 bits per heavy atom. The Bertz CT molecular complexity index is 531. The summed E-state index contributed by atoms with van der Waals surface area (Å²) in [5, 5.41) is 3.23. The maximum atomic E-state index is 13.3. The highest BCUT2D eigenvalue weighted by molar-refractivity contribution is 14.1. The molecule has 0 fully saturated rings.